The van der Waals surface area contributed by atoms with Gasteiger partial charge in [0.1, 0.15) is 37.1 Å². The summed E-state index contributed by atoms with van der Waals surface area (Å²) in [6, 6.07) is 19.0. The molecule has 0 atom stereocenters. The van der Waals surface area contributed by atoms with Crippen LogP contribution in [-0.4, -0.2) is 186 Å². The Bertz CT molecular complexity index is 1880. The van der Waals surface area contributed by atoms with Crippen LogP contribution in [0.5, 0.6) is 17.2 Å². The standard InChI is InChI=1S/C17H26O6.C16H20O7.C11H14O3.C6H13ClO3.C3H3ClO.Na.H2O/c1-2-3-9-23-17(19)15-4-6-16(7-5-15)22-14-13-21-12-11-20-10-8-18;1-2-15(17)23-12-10-21-8-7-20-9-11-22-14-5-3-13(4-6-14)16(18)19;1-2-3-8-14-11(13)9-4-6-10(12)7-5-9;7-1-3-9-5-6-10-4-2-8;1-2-3(4)5;;/h4-7,18H,2-3,8-14H2,1H3;2-6H,1,7-12H2,(H,18,19);4-7,12H,2-3,8H2,1H3;8H,1-6H2;2H,1H2;;1H2/q;;;;;+1;/p-1. The van der Waals surface area contributed by atoms with Gasteiger partial charge in [0.2, 0.25) is 5.24 Å². The van der Waals surface area contributed by atoms with Crippen molar-refractivity contribution in [2.45, 2.75) is 39.5 Å². The quantitative estimate of drug-likeness (QED) is 0.0121. The number of carboxylic acids is 1. The van der Waals surface area contributed by atoms with Gasteiger partial charge < -0.3 is 78.0 Å². The van der Waals surface area contributed by atoms with Crippen LogP contribution >= 0.6 is 23.2 Å². The molecule has 0 saturated heterocycles. The Morgan fingerprint density at radius 3 is 1.17 bits per heavy atom. The minimum Gasteiger partial charge on any atom is -0.870 e. The molecule has 0 heterocycles. The molecular formula is C53H77Cl2NaO21. The number of unbranched alkanes of at least 4 members (excludes halogenated alkanes) is 2. The van der Waals surface area contributed by atoms with E-state index in [1.54, 1.807) is 48.5 Å². The number of halogens is 2. The Labute approximate surface area is 484 Å². The number of allylic oxidation sites excluding steroid dienone is 1. The molecule has 0 unspecified atom stereocenters. The number of carbonyl (C=O) groups excluding carboxylic acids is 4. The van der Waals surface area contributed by atoms with Crippen molar-refractivity contribution in [1.82, 2.24) is 0 Å². The summed E-state index contributed by atoms with van der Waals surface area (Å²) >= 11 is 10.0. The van der Waals surface area contributed by atoms with Crippen molar-refractivity contribution >= 4 is 52.3 Å². The number of phenolic OH excluding ortho intramolecular Hbond substituents is 1. The molecule has 0 aromatic heterocycles. The number of carboxylic acid groups (broad SMARTS) is 1. The zero-order valence-corrected chi connectivity index (χ0v) is 48.0. The summed E-state index contributed by atoms with van der Waals surface area (Å²) in [6.45, 7) is 17.6. The van der Waals surface area contributed by atoms with Crippen molar-refractivity contribution in [1.29, 1.82) is 0 Å². The molecular weight excluding hydrogens is 1070 g/mol. The van der Waals surface area contributed by atoms with Crippen molar-refractivity contribution in [3.63, 3.8) is 0 Å². The molecule has 5 N–H and O–H groups in total. The maximum absolute atomic E-state index is 11.7. The third-order valence-corrected chi connectivity index (χ3v) is 8.67. The predicted octanol–water partition coefficient (Wildman–Crippen LogP) is 3.94. The van der Waals surface area contributed by atoms with Gasteiger partial charge in [-0.3, -0.25) is 4.79 Å². The molecule has 0 aliphatic rings. The molecule has 0 fully saturated rings. The van der Waals surface area contributed by atoms with Gasteiger partial charge in [-0.2, -0.15) is 0 Å². The summed E-state index contributed by atoms with van der Waals surface area (Å²) in [5, 5.41) is 34.1. The molecule has 3 aromatic carbocycles. The second-order valence-electron chi connectivity index (χ2n) is 14.3. The predicted molar refractivity (Wildman–Crippen MR) is 283 cm³/mol. The summed E-state index contributed by atoms with van der Waals surface area (Å²) in [4.78, 5) is 53.9. The van der Waals surface area contributed by atoms with Crippen LogP contribution in [-0.2, 0) is 52.2 Å². The minimum absolute atomic E-state index is 0. The molecule has 3 rings (SSSR count). The number of hydrogen-bond acceptors (Lipinski definition) is 20. The monoisotopic (exact) mass is 1140 g/mol. The number of aromatic carboxylic acids is 1. The van der Waals surface area contributed by atoms with Gasteiger partial charge in [0, 0.05) is 12.0 Å². The van der Waals surface area contributed by atoms with Crippen LogP contribution in [0.4, 0.5) is 0 Å². The van der Waals surface area contributed by atoms with Gasteiger partial charge in [-0.05, 0) is 103 Å². The van der Waals surface area contributed by atoms with E-state index in [0.717, 1.165) is 37.8 Å². The van der Waals surface area contributed by atoms with E-state index in [-0.39, 0.29) is 78.1 Å². The van der Waals surface area contributed by atoms with Crippen LogP contribution in [0, 0.1) is 0 Å². The van der Waals surface area contributed by atoms with Crippen molar-refractivity contribution in [2.24, 2.45) is 0 Å². The number of carbonyl (C=O) groups is 5. The number of ether oxygens (including phenoxy) is 11. The largest absolute Gasteiger partial charge is 1.00 e. The fraction of sp³-hybridized carbons (Fsp3) is 0.491. The Balaban J connectivity index is -0.000000461. The molecule has 430 valence electrons. The first-order chi connectivity index (χ1) is 36.3. The number of esters is 3. The summed E-state index contributed by atoms with van der Waals surface area (Å²) in [5.74, 6) is -0.170. The number of aromatic hydroxyl groups is 1. The fourth-order valence-corrected chi connectivity index (χ4v) is 4.72. The molecule has 0 radical (unpaired) electrons. The maximum atomic E-state index is 11.7. The SMILES string of the molecule is C=CC(=O)Cl.C=CC(=O)OCCOCCOCCOc1ccc(C(=O)O)cc1.CCCCOC(=O)c1ccc(O)cc1.CCCCOC(=O)c1ccc(OCCOCCOCCO)cc1.OCCOCCOCCCl.[Na+].[OH-]. The van der Waals surface area contributed by atoms with Gasteiger partial charge in [0.15, 0.2) is 0 Å². The number of aliphatic hydroxyl groups is 2. The first-order valence-electron chi connectivity index (χ1n) is 24.0. The van der Waals surface area contributed by atoms with Gasteiger partial charge in [-0.25, -0.2) is 19.2 Å². The normalized spacial score (nSPS) is 9.69. The van der Waals surface area contributed by atoms with Gasteiger partial charge in [0.25, 0.3) is 0 Å². The van der Waals surface area contributed by atoms with E-state index in [0.29, 0.717) is 134 Å². The molecule has 0 saturated carbocycles. The second kappa shape index (κ2) is 59.0. The first kappa shape index (κ1) is 78.8. The van der Waals surface area contributed by atoms with Crippen LogP contribution < -0.4 is 39.0 Å². The Kier molecular flexibility index (Phi) is 60.4. The van der Waals surface area contributed by atoms with Gasteiger partial charge >= 0.3 is 53.4 Å². The van der Waals surface area contributed by atoms with E-state index in [9.17, 15) is 24.0 Å². The summed E-state index contributed by atoms with van der Waals surface area (Å²) < 4.78 is 56.5. The molecule has 0 bridgehead atoms. The van der Waals surface area contributed by atoms with E-state index >= 15 is 0 Å². The molecule has 77 heavy (non-hydrogen) atoms. The number of aliphatic hydroxyl groups excluding tert-OH is 2. The van der Waals surface area contributed by atoms with Crippen LogP contribution in [0.3, 0.4) is 0 Å². The Morgan fingerprint density at radius 1 is 0.494 bits per heavy atom. The minimum atomic E-state index is -0.973. The summed E-state index contributed by atoms with van der Waals surface area (Å²) in [6.07, 6.45) is 5.89. The molecule has 0 spiro atoms. The zero-order chi connectivity index (χ0) is 56.0. The van der Waals surface area contributed by atoms with E-state index in [2.05, 4.69) is 13.2 Å². The summed E-state index contributed by atoms with van der Waals surface area (Å²) in [7, 11) is 0. The van der Waals surface area contributed by atoms with Gasteiger partial charge in [-0.1, -0.05) is 39.8 Å². The molecule has 21 nitrogen and oxygen atoms in total. The number of phenols is 1. The number of hydrogen-bond donors (Lipinski definition) is 4. The van der Waals surface area contributed by atoms with E-state index in [1.165, 1.54) is 24.3 Å². The molecule has 0 amide bonds. The average Bonchev–Trinajstić information content (AvgIpc) is 3.42. The van der Waals surface area contributed by atoms with Crippen molar-refractivity contribution < 1.29 is 132 Å². The third kappa shape index (κ3) is 51.8. The number of benzene rings is 3. The zero-order valence-electron chi connectivity index (χ0n) is 44.5. The Hall–Kier alpha value is -4.69. The smallest absolute Gasteiger partial charge is 0.870 e. The van der Waals surface area contributed by atoms with Crippen LogP contribution in [0.2, 0.25) is 0 Å². The molecule has 3 aromatic rings. The third-order valence-electron chi connectivity index (χ3n) is 8.36. The Morgan fingerprint density at radius 2 is 0.831 bits per heavy atom. The molecule has 24 heteroatoms. The summed E-state index contributed by atoms with van der Waals surface area (Å²) in [5.41, 5.74) is 1.20. The topological polar surface area (TPSA) is 298 Å². The fourth-order valence-electron chi connectivity index (χ4n) is 4.61. The molecule has 0 aliphatic heterocycles. The second-order valence-corrected chi connectivity index (χ2v) is 15.0. The van der Waals surface area contributed by atoms with E-state index < -0.39 is 17.2 Å². The first-order valence-corrected chi connectivity index (χ1v) is 24.9. The average molecular weight is 1140 g/mol. The van der Waals surface area contributed by atoms with Gasteiger partial charge in [-0.15, -0.1) is 11.6 Å². The van der Waals surface area contributed by atoms with Crippen molar-refractivity contribution in [3.8, 4) is 17.2 Å². The number of alkyl halides is 1. The van der Waals surface area contributed by atoms with Crippen molar-refractivity contribution in [2.75, 3.05) is 131 Å². The van der Waals surface area contributed by atoms with Crippen LogP contribution in [0.1, 0.15) is 70.6 Å². The van der Waals surface area contributed by atoms with E-state index in [1.807, 2.05) is 13.8 Å². The van der Waals surface area contributed by atoms with Crippen molar-refractivity contribution in [3.05, 3.63) is 115 Å². The van der Waals surface area contributed by atoms with Crippen LogP contribution in [0.15, 0.2) is 98.1 Å². The number of rotatable bonds is 37. The maximum Gasteiger partial charge on any atom is 1.00 e. The van der Waals surface area contributed by atoms with Gasteiger partial charge in [0.05, 0.1) is 122 Å². The molecule has 0 aliphatic carbocycles. The van der Waals surface area contributed by atoms with Crippen LogP contribution in [0.25, 0.3) is 0 Å². The van der Waals surface area contributed by atoms with E-state index in [4.69, 9.17) is 95.7 Å².